The fourth-order valence-electron chi connectivity index (χ4n) is 5.22. The molecule has 1 aliphatic carbocycles. The molecule has 1 saturated heterocycles. The molecule has 1 aromatic carbocycles. The zero-order valence-corrected chi connectivity index (χ0v) is 23.3. The maximum atomic E-state index is 14.6. The summed E-state index contributed by atoms with van der Waals surface area (Å²) in [6.07, 6.45) is 7.94. The SMILES string of the molecule is CCOCc1cnn2ccc(N3CCCC3c3cc(F)ccc3CCN(NC(=O)OC(C)(C)C)C3CC3)nc12. The van der Waals surface area contributed by atoms with Gasteiger partial charge in [-0.1, -0.05) is 6.07 Å². The number of hydrazine groups is 1. The maximum absolute atomic E-state index is 14.6. The van der Waals surface area contributed by atoms with Crippen LogP contribution in [0.3, 0.4) is 0 Å². The van der Waals surface area contributed by atoms with Gasteiger partial charge >= 0.3 is 6.09 Å². The molecule has 1 atom stereocenters. The van der Waals surface area contributed by atoms with E-state index in [4.69, 9.17) is 14.5 Å². The first-order chi connectivity index (χ1) is 18.7. The van der Waals surface area contributed by atoms with Crippen molar-refractivity contribution in [3.8, 4) is 0 Å². The molecule has 1 unspecified atom stereocenters. The fraction of sp³-hybridized carbons (Fsp3) is 0.552. The van der Waals surface area contributed by atoms with Crippen LogP contribution >= 0.6 is 0 Å². The van der Waals surface area contributed by atoms with E-state index in [0.717, 1.165) is 60.4 Å². The Kier molecular flexibility index (Phi) is 8.04. The first-order valence-electron chi connectivity index (χ1n) is 13.9. The summed E-state index contributed by atoms with van der Waals surface area (Å²) in [5.41, 5.74) is 6.15. The van der Waals surface area contributed by atoms with Gasteiger partial charge in [0.05, 0.1) is 18.8 Å². The van der Waals surface area contributed by atoms with Gasteiger partial charge in [0.2, 0.25) is 0 Å². The van der Waals surface area contributed by atoms with Crippen LogP contribution in [0.15, 0.2) is 36.7 Å². The van der Waals surface area contributed by atoms with E-state index in [2.05, 4.69) is 15.4 Å². The van der Waals surface area contributed by atoms with Crippen molar-refractivity contribution in [2.45, 2.75) is 84.1 Å². The van der Waals surface area contributed by atoms with Crippen LogP contribution in [0.25, 0.3) is 5.65 Å². The molecule has 0 radical (unpaired) electrons. The van der Waals surface area contributed by atoms with Gasteiger partial charge in [-0.2, -0.15) is 5.10 Å². The van der Waals surface area contributed by atoms with Crippen molar-refractivity contribution in [1.82, 2.24) is 25.0 Å². The molecule has 0 bridgehead atoms. The van der Waals surface area contributed by atoms with Crippen LogP contribution in [0.4, 0.5) is 15.0 Å². The number of rotatable bonds is 10. The van der Waals surface area contributed by atoms with E-state index in [-0.39, 0.29) is 11.9 Å². The number of hydrogen-bond donors (Lipinski definition) is 1. The third-order valence-electron chi connectivity index (χ3n) is 7.15. The number of aromatic nitrogens is 3. The maximum Gasteiger partial charge on any atom is 0.422 e. The first kappa shape index (κ1) is 27.3. The minimum absolute atomic E-state index is 0.0112. The Morgan fingerprint density at radius 2 is 2.03 bits per heavy atom. The molecular formula is C29H39FN6O3. The van der Waals surface area contributed by atoms with E-state index in [1.807, 2.05) is 51.0 Å². The van der Waals surface area contributed by atoms with Crippen molar-refractivity contribution in [1.29, 1.82) is 0 Å². The molecule has 3 heterocycles. The lowest BCUT2D eigenvalue weighted by molar-refractivity contribution is 0.0316. The van der Waals surface area contributed by atoms with Crippen molar-refractivity contribution in [2.75, 3.05) is 24.6 Å². The molecule has 1 amide bonds. The van der Waals surface area contributed by atoms with Gasteiger partial charge in [-0.25, -0.2) is 23.7 Å². The Morgan fingerprint density at radius 3 is 2.77 bits per heavy atom. The van der Waals surface area contributed by atoms with E-state index in [1.165, 1.54) is 6.07 Å². The zero-order chi connectivity index (χ0) is 27.6. The van der Waals surface area contributed by atoms with Gasteiger partial charge in [0.25, 0.3) is 0 Å². The molecule has 1 saturated carbocycles. The number of carbonyl (C=O) groups excluding carboxylic acids is 1. The standard InChI is InChI=1S/C29H39FN6O3/c1-5-38-19-21-18-31-36-16-13-26(32-27(21)36)34-14-6-7-25(34)24-17-22(30)9-8-20(24)12-15-35(23-10-11-23)33-28(37)39-29(2,3)4/h8-9,13,16-18,23,25H,5-7,10-12,14-15,19H2,1-4H3,(H,33,37). The number of benzene rings is 1. The summed E-state index contributed by atoms with van der Waals surface area (Å²) in [5.74, 6) is 0.606. The molecule has 2 aliphatic rings. The minimum Gasteiger partial charge on any atom is -0.443 e. The van der Waals surface area contributed by atoms with Crippen LogP contribution in [0.5, 0.6) is 0 Å². The molecule has 1 aliphatic heterocycles. The van der Waals surface area contributed by atoms with E-state index in [1.54, 1.807) is 16.8 Å². The van der Waals surface area contributed by atoms with Gasteiger partial charge < -0.3 is 14.4 Å². The largest absolute Gasteiger partial charge is 0.443 e. The number of nitrogens with one attached hydrogen (secondary N) is 1. The number of anilines is 1. The number of hydrogen-bond acceptors (Lipinski definition) is 7. The molecule has 5 rings (SSSR count). The highest BCUT2D eigenvalue weighted by atomic mass is 19.1. The molecule has 2 fully saturated rings. The molecule has 210 valence electrons. The first-order valence-corrected chi connectivity index (χ1v) is 13.9. The van der Waals surface area contributed by atoms with Gasteiger partial charge in [-0.05, 0) is 89.1 Å². The predicted molar refractivity (Wildman–Crippen MR) is 147 cm³/mol. The van der Waals surface area contributed by atoms with Crippen LogP contribution in [0.1, 0.15) is 76.1 Å². The molecule has 10 heteroatoms. The molecule has 1 N–H and O–H groups in total. The summed E-state index contributed by atoms with van der Waals surface area (Å²) in [6.45, 7) is 10.1. The summed E-state index contributed by atoms with van der Waals surface area (Å²) < 4.78 is 27.4. The van der Waals surface area contributed by atoms with E-state index in [0.29, 0.717) is 32.2 Å². The lowest BCUT2D eigenvalue weighted by Crippen LogP contribution is -2.46. The highest BCUT2D eigenvalue weighted by Crippen LogP contribution is 2.38. The Bertz CT molecular complexity index is 1300. The second kappa shape index (κ2) is 11.5. The topological polar surface area (TPSA) is 84.2 Å². The van der Waals surface area contributed by atoms with Crippen LogP contribution in [-0.4, -0.2) is 57.0 Å². The van der Waals surface area contributed by atoms with Crippen molar-refractivity contribution in [2.24, 2.45) is 0 Å². The van der Waals surface area contributed by atoms with Crippen LogP contribution in [-0.2, 0) is 22.5 Å². The number of carbonyl (C=O) groups is 1. The van der Waals surface area contributed by atoms with E-state index in [9.17, 15) is 9.18 Å². The van der Waals surface area contributed by atoms with Gasteiger partial charge in [-0.15, -0.1) is 0 Å². The Morgan fingerprint density at radius 1 is 1.21 bits per heavy atom. The van der Waals surface area contributed by atoms with Gasteiger partial charge in [0.15, 0.2) is 5.65 Å². The summed E-state index contributed by atoms with van der Waals surface area (Å²) in [6, 6.07) is 7.37. The van der Waals surface area contributed by atoms with E-state index < -0.39 is 11.7 Å². The highest BCUT2D eigenvalue weighted by molar-refractivity contribution is 5.67. The lowest BCUT2D eigenvalue weighted by atomic mass is 9.96. The van der Waals surface area contributed by atoms with Crippen molar-refractivity contribution >= 4 is 17.6 Å². The lowest BCUT2D eigenvalue weighted by Gasteiger charge is -2.29. The number of ether oxygens (including phenoxy) is 2. The summed E-state index contributed by atoms with van der Waals surface area (Å²) in [4.78, 5) is 19.7. The normalized spacial score (nSPS) is 17.8. The Hall–Kier alpha value is -3.24. The van der Waals surface area contributed by atoms with Crippen LogP contribution in [0.2, 0.25) is 0 Å². The molecule has 0 spiro atoms. The van der Waals surface area contributed by atoms with Gasteiger partial charge in [0.1, 0.15) is 17.2 Å². The van der Waals surface area contributed by atoms with Crippen molar-refractivity contribution in [3.63, 3.8) is 0 Å². The number of fused-ring (bicyclic) bond motifs is 1. The second-order valence-corrected chi connectivity index (χ2v) is 11.3. The van der Waals surface area contributed by atoms with Crippen LogP contribution < -0.4 is 10.3 Å². The summed E-state index contributed by atoms with van der Waals surface area (Å²) in [5, 5.41) is 6.38. The Balaban J connectivity index is 1.35. The monoisotopic (exact) mass is 538 g/mol. The number of halogens is 1. The summed E-state index contributed by atoms with van der Waals surface area (Å²) >= 11 is 0. The molecule has 2 aromatic heterocycles. The zero-order valence-electron chi connectivity index (χ0n) is 23.3. The second-order valence-electron chi connectivity index (χ2n) is 11.3. The van der Waals surface area contributed by atoms with Gasteiger partial charge in [0, 0.05) is 37.5 Å². The van der Waals surface area contributed by atoms with Crippen molar-refractivity contribution < 1.29 is 18.7 Å². The highest BCUT2D eigenvalue weighted by Gasteiger charge is 2.33. The smallest absolute Gasteiger partial charge is 0.422 e. The summed E-state index contributed by atoms with van der Waals surface area (Å²) in [7, 11) is 0. The average molecular weight is 539 g/mol. The minimum atomic E-state index is -0.562. The number of nitrogens with zero attached hydrogens (tertiary/aromatic N) is 5. The van der Waals surface area contributed by atoms with Crippen LogP contribution in [0, 0.1) is 5.82 Å². The molecule has 9 nitrogen and oxygen atoms in total. The quantitative estimate of drug-likeness (QED) is 0.356. The predicted octanol–water partition coefficient (Wildman–Crippen LogP) is 5.19. The molecule has 3 aromatic rings. The fourth-order valence-corrected chi connectivity index (χ4v) is 5.22. The number of amides is 1. The molecular weight excluding hydrogens is 499 g/mol. The average Bonchev–Trinajstić information content (AvgIpc) is 3.47. The van der Waals surface area contributed by atoms with Gasteiger partial charge in [-0.3, -0.25) is 5.43 Å². The molecule has 39 heavy (non-hydrogen) atoms. The Labute approximate surface area is 229 Å². The third-order valence-corrected chi connectivity index (χ3v) is 7.15. The van der Waals surface area contributed by atoms with Crippen molar-refractivity contribution in [3.05, 3.63) is 59.2 Å². The third kappa shape index (κ3) is 6.67. The van der Waals surface area contributed by atoms with E-state index >= 15 is 0 Å².